The molecule has 0 aliphatic rings. The molecule has 2 N–H and O–H groups in total. The lowest BCUT2D eigenvalue weighted by Gasteiger charge is -2.15. The van der Waals surface area contributed by atoms with Gasteiger partial charge < -0.3 is 14.8 Å². The number of nitrogens with one attached hydrogen (secondary N) is 2. The zero-order chi connectivity index (χ0) is 22.2. The van der Waals surface area contributed by atoms with Gasteiger partial charge in [-0.05, 0) is 44.0 Å². The van der Waals surface area contributed by atoms with Gasteiger partial charge in [0, 0.05) is 29.1 Å². The smallest absolute Gasteiger partial charge is 0.257 e. The van der Waals surface area contributed by atoms with Crippen LogP contribution < -0.4 is 14.8 Å². The zero-order valence-electron chi connectivity index (χ0n) is 18.0. The number of ether oxygens (including phenoxy) is 2. The number of hydrogen-bond acceptors (Lipinski definition) is 5. The molecule has 0 aliphatic heterocycles. The van der Waals surface area contributed by atoms with Crippen LogP contribution in [0.4, 0.5) is 5.82 Å². The Balaban J connectivity index is 1.86. The molecule has 0 radical (unpaired) electrons. The van der Waals surface area contributed by atoms with Gasteiger partial charge in [-0.1, -0.05) is 31.9 Å². The lowest BCUT2D eigenvalue weighted by molar-refractivity contribution is 0.102. The van der Waals surface area contributed by atoms with E-state index >= 15 is 0 Å². The Morgan fingerprint density at radius 3 is 2.61 bits per heavy atom. The molecule has 164 valence electrons. The van der Waals surface area contributed by atoms with Crippen LogP contribution in [0.15, 0.2) is 36.7 Å². The number of benzene rings is 1. The van der Waals surface area contributed by atoms with Crippen LogP contribution >= 0.6 is 11.6 Å². The van der Waals surface area contributed by atoms with Crippen LogP contribution in [-0.4, -0.2) is 34.3 Å². The van der Waals surface area contributed by atoms with Gasteiger partial charge in [0.2, 0.25) is 0 Å². The van der Waals surface area contributed by atoms with Gasteiger partial charge in [-0.2, -0.15) is 5.10 Å². The van der Waals surface area contributed by atoms with E-state index in [0.29, 0.717) is 47.5 Å². The van der Waals surface area contributed by atoms with Crippen molar-refractivity contribution in [3.63, 3.8) is 0 Å². The Morgan fingerprint density at radius 2 is 1.94 bits per heavy atom. The Morgan fingerprint density at radius 1 is 1.16 bits per heavy atom. The molecule has 0 unspecified atom stereocenters. The van der Waals surface area contributed by atoms with Gasteiger partial charge in [-0.25, -0.2) is 0 Å². The summed E-state index contributed by atoms with van der Waals surface area (Å²) in [6, 6.07) is 7.02. The second-order valence-corrected chi connectivity index (χ2v) is 7.30. The van der Waals surface area contributed by atoms with Gasteiger partial charge in [-0.15, -0.1) is 0 Å². The highest BCUT2D eigenvalue weighted by Gasteiger charge is 2.19. The highest BCUT2D eigenvalue weighted by molar-refractivity contribution is 6.32. The maximum absolute atomic E-state index is 13.0. The average molecular weight is 443 g/mol. The first-order valence-electron chi connectivity index (χ1n) is 10.5. The van der Waals surface area contributed by atoms with Gasteiger partial charge in [-0.3, -0.25) is 14.9 Å². The highest BCUT2D eigenvalue weighted by Crippen LogP contribution is 2.37. The van der Waals surface area contributed by atoms with Crippen LogP contribution in [0.25, 0.3) is 11.3 Å². The first-order valence-corrected chi connectivity index (χ1v) is 10.8. The lowest BCUT2D eigenvalue weighted by Crippen LogP contribution is -2.14. The van der Waals surface area contributed by atoms with E-state index < -0.39 is 0 Å². The average Bonchev–Trinajstić information content (AvgIpc) is 3.18. The summed E-state index contributed by atoms with van der Waals surface area (Å²) in [6.07, 6.45) is 6.04. The van der Waals surface area contributed by atoms with Gasteiger partial charge in [0.15, 0.2) is 17.3 Å². The molecule has 0 saturated heterocycles. The molecule has 0 saturated carbocycles. The van der Waals surface area contributed by atoms with E-state index in [1.165, 1.54) is 0 Å². The maximum Gasteiger partial charge on any atom is 0.257 e. The van der Waals surface area contributed by atoms with E-state index in [4.69, 9.17) is 21.1 Å². The summed E-state index contributed by atoms with van der Waals surface area (Å²) in [5, 5.41) is 10.5. The molecule has 0 atom stereocenters. The van der Waals surface area contributed by atoms with Crippen molar-refractivity contribution in [2.45, 2.75) is 40.0 Å². The Labute approximate surface area is 187 Å². The van der Waals surface area contributed by atoms with Gasteiger partial charge >= 0.3 is 0 Å². The van der Waals surface area contributed by atoms with Crippen LogP contribution in [0.1, 0.15) is 49.5 Å². The molecule has 7 nitrogen and oxygen atoms in total. The molecule has 1 aromatic carbocycles. The number of unbranched alkanes of at least 4 members (excludes halogenated alkanes) is 1. The van der Waals surface area contributed by atoms with Crippen LogP contribution in [-0.2, 0) is 6.42 Å². The molecule has 0 fully saturated rings. The van der Waals surface area contributed by atoms with Crippen molar-refractivity contribution in [2.24, 2.45) is 0 Å². The molecule has 0 aliphatic carbocycles. The molecule has 1 amide bonds. The molecule has 3 rings (SSSR count). The summed E-state index contributed by atoms with van der Waals surface area (Å²) < 4.78 is 11.5. The molecule has 8 heteroatoms. The van der Waals surface area contributed by atoms with Gasteiger partial charge in [0.05, 0.1) is 23.9 Å². The summed E-state index contributed by atoms with van der Waals surface area (Å²) in [5.74, 6) is 1.07. The van der Waals surface area contributed by atoms with E-state index in [-0.39, 0.29) is 5.91 Å². The van der Waals surface area contributed by atoms with Crippen molar-refractivity contribution in [3.05, 3.63) is 52.8 Å². The van der Waals surface area contributed by atoms with E-state index in [0.717, 1.165) is 29.7 Å². The fraction of sp³-hybridized carbons (Fsp3) is 0.348. The summed E-state index contributed by atoms with van der Waals surface area (Å²) in [7, 11) is 0. The fourth-order valence-electron chi connectivity index (χ4n) is 3.17. The van der Waals surface area contributed by atoms with Crippen molar-refractivity contribution < 1.29 is 14.3 Å². The maximum atomic E-state index is 13.0. The standard InChI is InChI=1S/C23H27ClN4O3/c1-4-7-12-31-21-18(24)13-16(14-19(21)30-6-3)23(29)26-22-17(5-2)20(27-28-22)15-8-10-25-11-9-15/h8-11,13-14H,4-7,12H2,1-3H3,(H2,26,27,28,29). The first-order chi connectivity index (χ1) is 15.1. The number of anilines is 1. The van der Waals surface area contributed by atoms with Crippen molar-refractivity contribution in [2.75, 3.05) is 18.5 Å². The number of carbonyl (C=O) groups excluding carboxylic acids is 1. The third-order valence-electron chi connectivity index (χ3n) is 4.74. The van der Waals surface area contributed by atoms with Crippen LogP contribution in [0.5, 0.6) is 11.5 Å². The number of halogens is 1. The SMILES string of the molecule is CCCCOc1c(Cl)cc(C(=O)Nc2n[nH]c(-c3ccncc3)c2CC)cc1OCC. The summed E-state index contributed by atoms with van der Waals surface area (Å²) in [4.78, 5) is 17.0. The minimum absolute atomic E-state index is 0.328. The Kier molecular flexibility index (Phi) is 7.89. The number of aromatic amines is 1. The zero-order valence-corrected chi connectivity index (χ0v) is 18.8. The molecule has 31 heavy (non-hydrogen) atoms. The number of rotatable bonds is 10. The topological polar surface area (TPSA) is 89.1 Å². The summed E-state index contributed by atoms with van der Waals surface area (Å²) >= 11 is 6.43. The molecule has 2 heterocycles. The van der Waals surface area contributed by atoms with Gasteiger partial charge in [0.1, 0.15) is 0 Å². The van der Waals surface area contributed by atoms with E-state index in [1.54, 1.807) is 24.5 Å². The predicted octanol–water partition coefficient (Wildman–Crippen LogP) is 5.52. The van der Waals surface area contributed by atoms with Crippen molar-refractivity contribution in [1.29, 1.82) is 0 Å². The van der Waals surface area contributed by atoms with Crippen molar-refractivity contribution in [1.82, 2.24) is 15.2 Å². The molecule has 0 spiro atoms. The fourth-order valence-corrected chi connectivity index (χ4v) is 3.44. The largest absolute Gasteiger partial charge is 0.490 e. The number of aromatic nitrogens is 3. The number of hydrogen-bond donors (Lipinski definition) is 2. The predicted molar refractivity (Wildman–Crippen MR) is 122 cm³/mol. The second-order valence-electron chi connectivity index (χ2n) is 6.89. The number of amides is 1. The number of nitrogens with zero attached hydrogens (tertiary/aromatic N) is 2. The summed E-state index contributed by atoms with van der Waals surface area (Å²) in [5.41, 5.74) is 3.09. The number of H-pyrrole nitrogens is 1. The number of carbonyl (C=O) groups is 1. The third kappa shape index (κ3) is 5.35. The van der Waals surface area contributed by atoms with Crippen LogP contribution in [0, 0.1) is 0 Å². The van der Waals surface area contributed by atoms with Crippen LogP contribution in [0.3, 0.4) is 0 Å². The van der Waals surface area contributed by atoms with Gasteiger partial charge in [0.25, 0.3) is 5.91 Å². The molecule has 3 aromatic rings. The third-order valence-corrected chi connectivity index (χ3v) is 5.02. The number of pyridine rings is 1. The molecular formula is C23H27ClN4O3. The molecular weight excluding hydrogens is 416 g/mol. The lowest BCUT2D eigenvalue weighted by atomic mass is 10.1. The molecule has 2 aromatic heterocycles. The van der Waals surface area contributed by atoms with E-state index in [2.05, 4.69) is 27.4 Å². The molecule has 0 bridgehead atoms. The van der Waals surface area contributed by atoms with Crippen LogP contribution in [0.2, 0.25) is 5.02 Å². The van der Waals surface area contributed by atoms with Crippen molar-refractivity contribution >= 4 is 23.3 Å². The minimum Gasteiger partial charge on any atom is -0.490 e. The normalized spacial score (nSPS) is 10.7. The first kappa shape index (κ1) is 22.6. The monoisotopic (exact) mass is 442 g/mol. The van der Waals surface area contributed by atoms with Crippen molar-refractivity contribution in [3.8, 4) is 22.8 Å². The van der Waals surface area contributed by atoms with E-state index in [9.17, 15) is 4.79 Å². The minimum atomic E-state index is -0.328. The summed E-state index contributed by atoms with van der Waals surface area (Å²) in [6.45, 7) is 6.93. The van der Waals surface area contributed by atoms with E-state index in [1.807, 2.05) is 26.0 Å². The Bertz CT molecular complexity index is 1020. The highest BCUT2D eigenvalue weighted by atomic mass is 35.5. The Hall–Kier alpha value is -3.06. The quantitative estimate of drug-likeness (QED) is 0.403. The second kappa shape index (κ2) is 10.8.